The molecule has 0 aromatic carbocycles. The molecule has 2 aliphatic heterocycles. The average molecular weight is 346 g/mol. The lowest BCUT2D eigenvalue weighted by Crippen LogP contribution is -2.52. The molecule has 1 N–H and O–H groups in total. The van der Waals surface area contributed by atoms with Gasteiger partial charge in [0.2, 0.25) is 0 Å². The molecule has 3 heterocycles. The number of nitrogens with one attached hydrogen (secondary N) is 1. The van der Waals surface area contributed by atoms with Crippen molar-refractivity contribution in [1.29, 1.82) is 0 Å². The Morgan fingerprint density at radius 3 is 2.44 bits per heavy atom. The summed E-state index contributed by atoms with van der Waals surface area (Å²) in [4.78, 5) is 21.2. The molecule has 0 radical (unpaired) electrons. The molecule has 1 amide bonds. The van der Waals surface area contributed by atoms with Gasteiger partial charge >= 0.3 is 6.09 Å². The lowest BCUT2D eigenvalue weighted by Gasteiger charge is -2.40. The number of rotatable bonds is 4. The van der Waals surface area contributed by atoms with Crippen LogP contribution in [0.1, 0.15) is 40.0 Å². The van der Waals surface area contributed by atoms with Crippen LogP contribution in [0.4, 0.5) is 16.4 Å². The van der Waals surface area contributed by atoms with Gasteiger partial charge in [-0.25, -0.2) is 9.78 Å². The van der Waals surface area contributed by atoms with Crippen molar-refractivity contribution in [2.24, 2.45) is 5.92 Å². The van der Waals surface area contributed by atoms with Gasteiger partial charge in [-0.2, -0.15) is 0 Å². The minimum atomic E-state index is -0.450. The number of carbonyl (C=O) groups excluding carboxylic acids is 1. The van der Waals surface area contributed by atoms with E-state index in [1.54, 1.807) is 0 Å². The zero-order chi connectivity index (χ0) is 17.9. The Bertz CT molecular complexity index is 587. The van der Waals surface area contributed by atoms with E-state index < -0.39 is 5.60 Å². The normalized spacial score (nSPS) is 18.7. The summed E-state index contributed by atoms with van der Waals surface area (Å²) < 4.78 is 5.27. The predicted octanol–water partition coefficient (Wildman–Crippen LogP) is 3.03. The largest absolute Gasteiger partial charge is 0.444 e. The van der Waals surface area contributed by atoms with Gasteiger partial charge in [0.15, 0.2) is 0 Å². The van der Waals surface area contributed by atoms with Crippen LogP contribution >= 0.6 is 0 Å². The van der Waals surface area contributed by atoms with Crippen molar-refractivity contribution in [2.75, 3.05) is 42.5 Å². The second-order valence-electron chi connectivity index (χ2n) is 8.06. The van der Waals surface area contributed by atoms with Crippen LogP contribution in [0.5, 0.6) is 0 Å². The first-order valence-electron chi connectivity index (χ1n) is 9.34. The number of ether oxygens (including phenoxy) is 1. The highest BCUT2D eigenvalue weighted by Gasteiger charge is 2.29. The molecule has 0 atom stereocenters. The first kappa shape index (κ1) is 17.8. The number of hydrogen-bond acceptors (Lipinski definition) is 5. The molecule has 2 saturated heterocycles. The number of carbonyl (C=O) groups is 1. The molecule has 2 aliphatic rings. The number of alkyl carbamates (subject to hydrolysis) is 1. The van der Waals surface area contributed by atoms with E-state index in [-0.39, 0.29) is 6.09 Å². The monoisotopic (exact) mass is 346 g/mol. The highest BCUT2D eigenvalue weighted by atomic mass is 16.6. The van der Waals surface area contributed by atoms with E-state index in [1.807, 2.05) is 20.8 Å². The molecule has 1 aromatic heterocycles. The minimum Gasteiger partial charge on any atom is -0.444 e. The van der Waals surface area contributed by atoms with Gasteiger partial charge in [-0.15, -0.1) is 0 Å². The number of hydrogen-bond donors (Lipinski definition) is 1. The van der Waals surface area contributed by atoms with Crippen LogP contribution in [-0.2, 0) is 4.74 Å². The van der Waals surface area contributed by atoms with Crippen LogP contribution in [0.15, 0.2) is 18.2 Å². The van der Waals surface area contributed by atoms with E-state index in [0.717, 1.165) is 37.8 Å². The Hall–Kier alpha value is -1.98. The Kier molecular flexibility index (Phi) is 5.35. The Balaban J connectivity index is 1.45. The van der Waals surface area contributed by atoms with Crippen LogP contribution in [0.2, 0.25) is 0 Å². The van der Waals surface area contributed by atoms with Gasteiger partial charge < -0.3 is 19.9 Å². The summed E-state index contributed by atoms with van der Waals surface area (Å²) in [6.07, 6.45) is 3.51. The van der Waals surface area contributed by atoms with Gasteiger partial charge in [0.25, 0.3) is 0 Å². The fourth-order valence-electron chi connectivity index (χ4n) is 3.32. The van der Waals surface area contributed by atoms with Crippen LogP contribution in [0, 0.1) is 5.92 Å². The first-order valence-corrected chi connectivity index (χ1v) is 9.34. The van der Waals surface area contributed by atoms with Gasteiger partial charge in [0, 0.05) is 38.6 Å². The molecule has 0 spiro atoms. The van der Waals surface area contributed by atoms with Gasteiger partial charge in [0.1, 0.15) is 17.2 Å². The molecule has 6 heteroatoms. The maximum atomic E-state index is 11.7. The van der Waals surface area contributed by atoms with E-state index in [9.17, 15) is 4.79 Å². The summed E-state index contributed by atoms with van der Waals surface area (Å²) in [5.41, 5.74) is -0.450. The van der Waals surface area contributed by atoms with Gasteiger partial charge in [-0.3, -0.25) is 0 Å². The highest BCUT2D eigenvalue weighted by molar-refractivity contribution is 5.67. The summed E-state index contributed by atoms with van der Waals surface area (Å²) in [6, 6.07) is 6.28. The van der Waals surface area contributed by atoms with Crippen LogP contribution in [0.25, 0.3) is 0 Å². The number of aromatic nitrogens is 1. The van der Waals surface area contributed by atoms with E-state index >= 15 is 0 Å². The van der Waals surface area contributed by atoms with Crippen LogP contribution < -0.4 is 15.1 Å². The Morgan fingerprint density at radius 1 is 1.16 bits per heavy atom. The molecule has 0 bridgehead atoms. The minimum absolute atomic E-state index is 0.337. The van der Waals surface area contributed by atoms with E-state index in [2.05, 4.69) is 33.3 Å². The lowest BCUT2D eigenvalue weighted by molar-refractivity contribution is 0.0516. The summed E-state index contributed by atoms with van der Waals surface area (Å²) in [7, 11) is 0. The van der Waals surface area contributed by atoms with Crippen molar-refractivity contribution in [3.63, 3.8) is 0 Å². The van der Waals surface area contributed by atoms with Crippen LogP contribution in [-0.4, -0.2) is 49.4 Å². The topological polar surface area (TPSA) is 57.7 Å². The molecule has 2 fully saturated rings. The third-order valence-electron chi connectivity index (χ3n) is 4.61. The molecule has 3 rings (SSSR count). The Labute approximate surface area is 150 Å². The summed E-state index contributed by atoms with van der Waals surface area (Å²) in [5.74, 6) is 2.58. The molecule has 25 heavy (non-hydrogen) atoms. The van der Waals surface area contributed by atoms with Crippen molar-refractivity contribution in [1.82, 2.24) is 10.3 Å². The molecule has 0 saturated carbocycles. The Morgan fingerprint density at radius 2 is 1.80 bits per heavy atom. The molecule has 1 aromatic rings. The SMILES string of the molecule is CC(C)(C)OC(=O)NCC1CN(c2cccc(N3CCCCC3)n2)C1. The highest BCUT2D eigenvalue weighted by Crippen LogP contribution is 2.26. The summed E-state index contributed by atoms with van der Waals surface area (Å²) in [6.45, 7) is 10.3. The third-order valence-corrected chi connectivity index (χ3v) is 4.61. The molecule has 0 unspecified atom stereocenters. The van der Waals surface area contributed by atoms with Crippen molar-refractivity contribution >= 4 is 17.7 Å². The second-order valence-corrected chi connectivity index (χ2v) is 8.06. The first-order chi connectivity index (χ1) is 11.9. The molecule has 6 nitrogen and oxygen atoms in total. The molecule has 0 aliphatic carbocycles. The summed E-state index contributed by atoms with van der Waals surface area (Å²) >= 11 is 0. The van der Waals surface area contributed by atoms with Crippen molar-refractivity contribution in [3.05, 3.63) is 18.2 Å². The average Bonchev–Trinajstić information content (AvgIpc) is 2.53. The van der Waals surface area contributed by atoms with E-state index in [0.29, 0.717) is 12.5 Å². The number of pyridine rings is 1. The number of piperidine rings is 1. The van der Waals surface area contributed by atoms with E-state index in [1.165, 1.54) is 19.3 Å². The smallest absolute Gasteiger partial charge is 0.407 e. The number of nitrogens with zero attached hydrogens (tertiary/aromatic N) is 3. The fraction of sp³-hybridized carbons (Fsp3) is 0.684. The third kappa shape index (κ3) is 5.00. The standard InChI is InChI=1S/C19H30N4O2/c1-19(2,3)25-18(24)20-12-15-13-23(14-15)17-9-7-8-16(21-17)22-10-5-4-6-11-22/h7-9,15H,4-6,10-14H2,1-3H3,(H,20,24). The zero-order valence-corrected chi connectivity index (χ0v) is 15.6. The van der Waals surface area contributed by atoms with Crippen LogP contribution in [0.3, 0.4) is 0 Å². The lowest BCUT2D eigenvalue weighted by atomic mass is 10.0. The van der Waals surface area contributed by atoms with Gasteiger partial charge in [-0.05, 0) is 52.2 Å². The van der Waals surface area contributed by atoms with E-state index in [4.69, 9.17) is 9.72 Å². The van der Waals surface area contributed by atoms with Crippen molar-refractivity contribution in [2.45, 2.75) is 45.6 Å². The molecule has 138 valence electrons. The van der Waals surface area contributed by atoms with Gasteiger partial charge in [0.05, 0.1) is 0 Å². The van der Waals surface area contributed by atoms with Crippen molar-refractivity contribution in [3.8, 4) is 0 Å². The maximum absolute atomic E-state index is 11.7. The number of amides is 1. The summed E-state index contributed by atoms with van der Waals surface area (Å²) in [5, 5.41) is 2.86. The second kappa shape index (κ2) is 7.50. The molecular weight excluding hydrogens is 316 g/mol. The zero-order valence-electron chi connectivity index (χ0n) is 15.6. The number of anilines is 2. The quantitative estimate of drug-likeness (QED) is 0.908. The fourth-order valence-corrected chi connectivity index (χ4v) is 3.32. The van der Waals surface area contributed by atoms with Crippen molar-refractivity contribution < 1.29 is 9.53 Å². The predicted molar refractivity (Wildman–Crippen MR) is 100 cm³/mol. The maximum Gasteiger partial charge on any atom is 0.407 e. The van der Waals surface area contributed by atoms with Gasteiger partial charge in [-0.1, -0.05) is 6.07 Å². The molecular formula is C19H30N4O2.